The Morgan fingerprint density at radius 1 is 0.909 bits per heavy atom. The highest BCUT2D eigenvalue weighted by molar-refractivity contribution is 7.18. The number of fused-ring (bicyclic) bond motifs is 1. The summed E-state index contributed by atoms with van der Waals surface area (Å²) >= 11 is 7.48. The number of rotatable bonds is 5. The number of carbonyl (C=O) groups excluding carboxylic acids is 1. The third-order valence-electron chi connectivity index (χ3n) is 5.23. The van der Waals surface area contributed by atoms with E-state index in [-0.39, 0.29) is 5.91 Å². The lowest BCUT2D eigenvalue weighted by atomic mass is 10.0. The van der Waals surface area contributed by atoms with Crippen molar-refractivity contribution in [2.45, 2.75) is 6.92 Å². The number of halogens is 1. The predicted octanol–water partition coefficient (Wildman–Crippen LogP) is 7.36. The van der Waals surface area contributed by atoms with Gasteiger partial charge in [-0.3, -0.25) is 10.1 Å². The molecule has 5 nitrogen and oxygen atoms in total. The Labute approximate surface area is 199 Å². The largest absolute Gasteiger partial charge is 0.457 e. The molecule has 1 amide bonds. The highest BCUT2D eigenvalue weighted by Crippen LogP contribution is 2.32. The Balaban J connectivity index is 1.31. The first-order valence-corrected chi connectivity index (χ1v) is 11.4. The maximum Gasteiger partial charge on any atom is 0.258 e. The van der Waals surface area contributed by atoms with Gasteiger partial charge in [0.15, 0.2) is 0 Å². The van der Waals surface area contributed by atoms with E-state index >= 15 is 0 Å². The van der Waals surface area contributed by atoms with Crippen molar-refractivity contribution in [1.29, 1.82) is 0 Å². The highest BCUT2D eigenvalue weighted by Gasteiger charge is 2.14. The number of amides is 1. The summed E-state index contributed by atoms with van der Waals surface area (Å²) in [6.45, 7) is 1.92. The molecule has 0 aliphatic rings. The summed E-state index contributed by atoms with van der Waals surface area (Å²) in [5.74, 6) is 1.19. The molecular weight excluding hydrogens is 454 g/mol. The van der Waals surface area contributed by atoms with Crippen LogP contribution in [0.2, 0.25) is 5.02 Å². The first-order chi connectivity index (χ1) is 16.1. The molecule has 0 saturated carbocycles. The van der Waals surface area contributed by atoms with E-state index in [0.29, 0.717) is 32.2 Å². The van der Waals surface area contributed by atoms with E-state index in [0.717, 1.165) is 21.9 Å². The Morgan fingerprint density at radius 3 is 2.52 bits per heavy atom. The number of carbonyl (C=O) groups is 1. The molecule has 0 bridgehead atoms. The minimum atomic E-state index is -0.213. The van der Waals surface area contributed by atoms with Crippen molar-refractivity contribution in [3.05, 3.63) is 101 Å². The molecule has 162 valence electrons. The van der Waals surface area contributed by atoms with Crippen LogP contribution in [0.4, 0.5) is 5.13 Å². The van der Waals surface area contributed by atoms with Gasteiger partial charge >= 0.3 is 0 Å². The number of nitrogens with one attached hydrogen (secondary N) is 1. The minimum Gasteiger partial charge on any atom is -0.457 e. The summed E-state index contributed by atoms with van der Waals surface area (Å²) in [4.78, 5) is 12.8. The Morgan fingerprint density at radius 2 is 1.67 bits per heavy atom. The molecule has 0 atom stereocenters. The molecule has 0 aliphatic carbocycles. The van der Waals surface area contributed by atoms with E-state index in [4.69, 9.17) is 16.3 Å². The van der Waals surface area contributed by atoms with E-state index < -0.39 is 0 Å². The van der Waals surface area contributed by atoms with Crippen molar-refractivity contribution in [3.8, 4) is 22.1 Å². The molecule has 33 heavy (non-hydrogen) atoms. The summed E-state index contributed by atoms with van der Waals surface area (Å²) in [5.41, 5.74) is 2.37. The molecule has 1 aromatic heterocycles. The van der Waals surface area contributed by atoms with Crippen LogP contribution in [0.5, 0.6) is 11.5 Å². The zero-order valence-corrected chi connectivity index (χ0v) is 19.2. The van der Waals surface area contributed by atoms with Crippen LogP contribution in [0, 0.1) is 6.92 Å². The summed E-state index contributed by atoms with van der Waals surface area (Å²) in [5, 5.41) is 15.0. The smallest absolute Gasteiger partial charge is 0.258 e. The van der Waals surface area contributed by atoms with Gasteiger partial charge in [0, 0.05) is 21.7 Å². The topological polar surface area (TPSA) is 64.1 Å². The molecule has 7 heteroatoms. The lowest BCUT2D eigenvalue weighted by Crippen LogP contribution is -2.12. The van der Waals surface area contributed by atoms with Crippen molar-refractivity contribution in [3.63, 3.8) is 0 Å². The molecule has 0 spiro atoms. The molecule has 0 fully saturated rings. The predicted molar refractivity (Wildman–Crippen MR) is 134 cm³/mol. The quantitative estimate of drug-likeness (QED) is 0.290. The van der Waals surface area contributed by atoms with Crippen molar-refractivity contribution in [1.82, 2.24) is 10.2 Å². The zero-order valence-electron chi connectivity index (χ0n) is 17.6. The SMILES string of the molecule is Cc1c(Cl)cccc1Oc1ccc(-c2nnc(NC(=O)c3cccc4ccccc34)s2)cc1. The van der Waals surface area contributed by atoms with E-state index in [9.17, 15) is 4.79 Å². The van der Waals surface area contributed by atoms with Crippen molar-refractivity contribution < 1.29 is 9.53 Å². The van der Waals surface area contributed by atoms with Crippen LogP contribution in [0.15, 0.2) is 84.9 Å². The second-order valence-electron chi connectivity index (χ2n) is 7.38. The molecule has 4 aromatic carbocycles. The van der Waals surface area contributed by atoms with Gasteiger partial charge in [0.25, 0.3) is 5.91 Å². The maximum absolute atomic E-state index is 12.8. The van der Waals surface area contributed by atoms with Gasteiger partial charge in [-0.05, 0) is 60.2 Å². The van der Waals surface area contributed by atoms with E-state index in [1.165, 1.54) is 11.3 Å². The van der Waals surface area contributed by atoms with Gasteiger partial charge < -0.3 is 4.74 Å². The average Bonchev–Trinajstić information content (AvgIpc) is 3.30. The average molecular weight is 472 g/mol. The zero-order chi connectivity index (χ0) is 22.8. The van der Waals surface area contributed by atoms with E-state index in [1.807, 2.05) is 85.8 Å². The third-order valence-corrected chi connectivity index (χ3v) is 6.52. The van der Waals surface area contributed by atoms with Crippen LogP contribution in [0.25, 0.3) is 21.3 Å². The number of ether oxygens (including phenoxy) is 1. The minimum absolute atomic E-state index is 0.213. The van der Waals surface area contributed by atoms with Gasteiger partial charge in [-0.25, -0.2) is 0 Å². The summed E-state index contributed by atoms with van der Waals surface area (Å²) in [6, 6.07) is 26.6. The molecule has 0 unspecified atom stereocenters. The fourth-order valence-corrected chi connectivity index (χ4v) is 4.38. The van der Waals surface area contributed by atoms with Gasteiger partial charge in [0.2, 0.25) is 5.13 Å². The lowest BCUT2D eigenvalue weighted by Gasteiger charge is -2.09. The van der Waals surface area contributed by atoms with Gasteiger partial charge in [-0.1, -0.05) is 65.4 Å². The lowest BCUT2D eigenvalue weighted by molar-refractivity contribution is 0.102. The maximum atomic E-state index is 12.8. The molecule has 0 saturated heterocycles. The van der Waals surface area contributed by atoms with Crippen LogP contribution in [-0.4, -0.2) is 16.1 Å². The number of aromatic nitrogens is 2. The normalized spacial score (nSPS) is 10.8. The van der Waals surface area contributed by atoms with E-state index in [2.05, 4.69) is 15.5 Å². The summed E-state index contributed by atoms with van der Waals surface area (Å²) < 4.78 is 5.95. The van der Waals surface area contributed by atoms with Gasteiger partial charge in [-0.15, -0.1) is 10.2 Å². The number of nitrogens with zero attached hydrogens (tertiary/aromatic N) is 2. The number of hydrogen-bond donors (Lipinski definition) is 1. The second kappa shape index (κ2) is 9.02. The van der Waals surface area contributed by atoms with Crippen molar-refractivity contribution in [2.75, 3.05) is 5.32 Å². The Bertz CT molecular complexity index is 1460. The first kappa shape index (κ1) is 21.1. The third kappa shape index (κ3) is 4.44. The van der Waals surface area contributed by atoms with Crippen LogP contribution in [0.1, 0.15) is 15.9 Å². The van der Waals surface area contributed by atoms with Gasteiger partial charge in [-0.2, -0.15) is 0 Å². The Hall–Kier alpha value is -3.74. The molecule has 0 aliphatic heterocycles. The van der Waals surface area contributed by atoms with Crippen LogP contribution >= 0.6 is 22.9 Å². The molecular formula is C26H18ClN3O2S. The van der Waals surface area contributed by atoms with Crippen molar-refractivity contribution in [2.24, 2.45) is 0 Å². The van der Waals surface area contributed by atoms with Gasteiger partial charge in [0.05, 0.1) is 0 Å². The first-order valence-electron chi connectivity index (χ1n) is 10.2. The highest BCUT2D eigenvalue weighted by atomic mass is 35.5. The number of hydrogen-bond acceptors (Lipinski definition) is 5. The van der Waals surface area contributed by atoms with E-state index in [1.54, 1.807) is 6.07 Å². The van der Waals surface area contributed by atoms with Crippen LogP contribution in [-0.2, 0) is 0 Å². The van der Waals surface area contributed by atoms with Crippen molar-refractivity contribution >= 4 is 44.7 Å². The molecule has 1 heterocycles. The Kier molecular flexibility index (Phi) is 5.77. The monoisotopic (exact) mass is 471 g/mol. The molecule has 5 aromatic rings. The van der Waals surface area contributed by atoms with Crippen LogP contribution < -0.4 is 10.1 Å². The second-order valence-corrected chi connectivity index (χ2v) is 8.77. The molecule has 5 rings (SSSR count). The number of anilines is 1. The summed E-state index contributed by atoms with van der Waals surface area (Å²) in [7, 11) is 0. The van der Waals surface area contributed by atoms with Gasteiger partial charge in [0.1, 0.15) is 16.5 Å². The molecule has 0 radical (unpaired) electrons. The fraction of sp³-hybridized carbons (Fsp3) is 0.0385. The number of benzene rings is 4. The standard InChI is InChI=1S/C26H18ClN3O2S/c1-16-22(27)10-5-11-23(16)32-19-14-12-18(13-15-19)25-29-30-26(33-25)28-24(31)21-9-4-7-17-6-2-3-8-20(17)21/h2-15H,1H3,(H,28,30,31). The fourth-order valence-electron chi connectivity index (χ4n) is 3.47. The molecule has 1 N–H and O–H groups in total. The van der Waals surface area contributed by atoms with Crippen LogP contribution in [0.3, 0.4) is 0 Å². The summed E-state index contributed by atoms with van der Waals surface area (Å²) in [6.07, 6.45) is 0.